The third-order valence-corrected chi connectivity index (χ3v) is 2.87. The first-order valence-corrected chi connectivity index (χ1v) is 6.28. The van der Waals surface area contributed by atoms with E-state index in [4.69, 9.17) is 10.8 Å². The molecule has 2 amide bonds. The molecule has 1 rings (SSSR count). The molecule has 114 valence electrons. The molecule has 1 atom stereocenters. The molecule has 0 aliphatic carbocycles. The Kier molecular flexibility index (Phi) is 5.65. The molecule has 0 aromatic carbocycles. The number of carboxylic acid groups (broad SMARTS) is 1. The highest BCUT2D eigenvalue weighted by molar-refractivity contribution is 5.88. The molecule has 0 fully saturated rings. The van der Waals surface area contributed by atoms with Crippen LogP contribution in [-0.4, -0.2) is 33.5 Å². The molecular weight excluding hydrogens is 278 g/mol. The van der Waals surface area contributed by atoms with Crippen molar-refractivity contribution in [2.45, 2.75) is 32.4 Å². The normalized spacial score (nSPS) is 11.7. The first-order chi connectivity index (χ1) is 9.81. The Bertz CT molecular complexity index is 608. The molecule has 4 N–H and O–H groups in total. The molecule has 8 heteroatoms. The smallest absolute Gasteiger partial charge is 0.326 e. The zero-order chi connectivity index (χ0) is 16.0. The highest BCUT2D eigenvalue weighted by Gasteiger charge is 2.21. The lowest BCUT2D eigenvalue weighted by Crippen LogP contribution is -2.43. The van der Waals surface area contributed by atoms with Gasteiger partial charge >= 0.3 is 5.97 Å². The summed E-state index contributed by atoms with van der Waals surface area (Å²) in [6, 6.07) is 3.36. The average Bonchev–Trinajstić information content (AvgIpc) is 2.36. The van der Waals surface area contributed by atoms with Crippen LogP contribution in [0, 0.1) is 6.92 Å². The zero-order valence-corrected chi connectivity index (χ0v) is 11.5. The number of carbonyl (C=O) groups excluding carboxylic acids is 2. The molecule has 1 heterocycles. The summed E-state index contributed by atoms with van der Waals surface area (Å²) in [5.74, 6) is -2.73. The van der Waals surface area contributed by atoms with Gasteiger partial charge in [0.1, 0.15) is 6.04 Å². The van der Waals surface area contributed by atoms with Crippen molar-refractivity contribution >= 4 is 17.8 Å². The average molecular weight is 295 g/mol. The summed E-state index contributed by atoms with van der Waals surface area (Å²) >= 11 is 0. The number of hydrogen-bond acceptors (Lipinski definition) is 4. The fourth-order valence-corrected chi connectivity index (χ4v) is 1.79. The van der Waals surface area contributed by atoms with Crippen LogP contribution in [0.2, 0.25) is 0 Å². The second kappa shape index (κ2) is 7.22. The summed E-state index contributed by atoms with van der Waals surface area (Å²) in [6.07, 6.45) is -0.557. The Morgan fingerprint density at radius 3 is 2.57 bits per heavy atom. The van der Waals surface area contributed by atoms with Crippen LogP contribution in [0.5, 0.6) is 0 Å². The van der Waals surface area contributed by atoms with Crippen LogP contribution in [-0.2, 0) is 20.9 Å². The van der Waals surface area contributed by atoms with E-state index < -0.39 is 30.2 Å². The van der Waals surface area contributed by atoms with Gasteiger partial charge in [0.2, 0.25) is 11.8 Å². The van der Waals surface area contributed by atoms with Gasteiger partial charge in [0.05, 0.1) is 6.42 Å². The maximum atomic E-state index is 11.7. The number of pyridine rings is 1. The van der Waals surface area contributed by atoms with Gasteiger partial charge in [-0.1, -0.05) is 6.07 Å². The van der Waals surface area contributed by atoms with Gasteiger partial charge in [-0.05, 0) is 13.0 Å². The third kappa shape index (κ3) is 5.09. The number of nitrogens with two attached hydrogens (primary N) is 1. The quantitative estimate of drug-likeness (QED) is 0.593. The number of primary amides is 1. The van der Waals surface area contributed by atoms with Crippen molar-refractivity contribution in [3.05, 3.63) is 34.2 Å². The first kappa shape index (κ1) is 16.4. The standard InChI is InChI=1S/C13H17N3O5/c1-8-3-2-4-12(19)16(8)6-5-11(18)15-9(13(20)21)7-10(14)17/h2-4,9H,5-7H2,1H3,(H2,14,17)(H,15,18)(H,20,21). The number of carboxylic acids is 1. The van der Waals surface area contributed by atoms with E-state index in [1.165, 1.54) is 10.6 Å². The van der Waals surface area contributed by atoms with Gasteiger partial charge in [0.25, 0.3) is 5.56 Å². The van der Waals surface area contributed by atoms with Crippen molar-refractivity contribution in [1.82, 2.24) is 9.88 Å². The maximum absolute atomic E-state index is 11.7. The number of rotatable bonds is 7. The molecule has 1 aromatic heterocycles. The second-order valence-electron chi connectivity index (χ2n) is 4.54. The number of amides is 2. The van der Waals surface area contributed by atoms with E-state index in [0.717, 1.165) is 0 Å². The number of aryl methyl sites for hydroxylation is 1. The van der Waals surface area contributed by atoms with Crippen LogP contribution in [0.15, 0.2) is 23.0 Å². The molecule has 0 radical (unpaired) electrons. The molecule has 1 unspecified atom stereocenters. The monoisotopic (exact) mass is 295 g/mol. The van der Waals surface area contributed by atoms with Crippen molar-refractivity contribution in [1.29, 1.82) is 0 Å². The predicted molar refractivity (Wildman–Crippen MR) is 73.4 cm³/mol. The topological polar surface area (TPSA) is 131 Å². The van der Waals surface area contributed by atoms with Gasteiger partial charge in [0.15, 0.2) is 0 Å². The van der Waals surface area contributed by atoms with Crippen molar-refractivity contribution in [3.63, 3.8) is 0 Å². The van der Waals surface area contributed by atoms with E-state index in [-0.39, 0.29) is 18.5 Å². The zero-order valence-electron chi connectivity index (χ0n) is 11.5. The fraction of sp³-hybridized carbons (Fsp3) is 0.385. The van der Waals surface area contributed by atoms with Crippen LogP contribution in [0.25, 0.3) is 0 Å². The lowest BCUT2D eigenvalue weighted by atomic mass is 10.2. The highest BCUT2D eigenvalue weighted by atomic mass is 16.4. The van der Waals surface area contributed by atoms with Crippen molar-refractivity contribution in [3.8, 4) is 0 Å². The van der Waals surface area contributed by atoms with Crippen molar-refractivity contribution in [2.75, 3.05) is 0 Å². The predicted octanol–water partition coefficient (Wildman–Crippen LogP) is -1.01. The molecule has 0 aliphatic heterocycles. The summed E-state index contributed by atoms with van der Waals surface area (Å²) in [5.41, 5.74) is 5.37. The lowest BCUT2D eigenvalue weighted by molar-refractivity contribution is -0.143. The molecule has 0 bridgehead atoms. The minimum atomic E-state index is -1.36. The number of hydrogen-bond donors (Lipinski definition) is 3. The maximum Gasteiger partial charge on any atom is 0.326 e. The molecule has 0 saturated heterocycles. The fourth-order valence-electron chi connectivity index (χ4n) is 1.79. The molecule has 0 aliphatic rings. The van der Waals surface area contributed by atoms with Crippen LogP contribution in [0.3, 0.4) is 0 Å². The van der Waals surface area contributed by atoms with E-state index in [1.807, 2.05) is 0 Å². The molecular formula is C13H17N3O5. The van der Waals surface area contributed by atoms with Gasteiger partial charge < -0.3 is 20.7 Å². The van der Waals surface area contributed by atoms with Crippen molar-refractivity contribution < 1.29 is 19.5 Å². The number of carbonyl (C=O) groups is 3. The number of nitrogens with zero attached hydrogens (tertiary/aromatic N) is 1. The van der Waals surface area contributed by atoms with Crippen LogP contribution >= 0.6 is 0 Å². The van der Waals surface area contributed by atoms with Crippen LogP contribution in [0.4, 0.5) is 0 Å². The Morgan fingerprint density at radius 2 is 2.05 bits per heavy atom. The summed E-state index contributed by atoms with van der Waals surface area (Å²) in [4.78, 5) is 44.9. The molecule has 8 nitrogen and oxygen atoms in total. The van der Waals surface area contributed by atoms with Gasteiger partial charge in [-0.15, -0.1) is 0 Å². The van der Waals surface area contributed by atoms with E-state index in [1.54, 1.807) is 19.1 Å². The van der Waals surface area contributed by atoms with Crippen LogP contribution in [0.1, 0.15) is 18.5 Å². The van der Waals surface area contributed by atoms with Gasteiger partial charge in [-0.3, -0.25) is 14.4 Å². The number of nitrogens with one attached hydrogen (secondary N) is 1. The molecule has 0 saturated carbocycles. The van der Waals surface area contributed by atoms with E-state index in [9.17, 15) is 19.2 Å². The summed E-state index contributed by atoms with van der Waals surface area (Å²) in [5, 5.41) is 11.1. The Morgan fingerprint density at radius 1 is 1.38 bits per heavy atom. The largest absolute Gasteiger partial charge is 0.480 e. The van der Waals surface area contributed by atoms with E-state index >= 15 is 0 Å². The molecule has 21 heavy (non-hydrogen) atoms. The summed E-state index contributed by atoms with van der Waals surface area (Å²) < 4.78 is 1.41. The Labute approximate surface area is 120 Å². The molecule has 0 spiro atoms. The molecule has 1 aromatic rings. The van der Waals surface area contributed by atoms with Gasteiger partial charge in [-0.25, -0.2) is 4.79 Å². The third-order valence-electron chi connectivity index (χ3n) is 2.87. The Balaban J connectivity index is 2.63. The summed E-state index contributed by atoms with van der Waals surface area (Å²) in [6.45, 7) is 1.85. The summed E-state index contributed by atoms with van der Waals surface area (Å²) in [7, 11) is 0. The second-order valence-corrected chi connectivity index (χ2v) is 4.54. The first-order valence-electron chi connectivity index (χ1n) is 6.28. The minimum Gasteiger partial charge on any atom is -0.480 e. The van der Waals surface area contributed by atoms with Gasteiger partial charge in [0, 0.05) is 24.7 Å². The minimum absolute atomic E-state index is 0.0761. The Hall–Kier alpha value is -2.64. The van der Waals surface area contributed by atoms with Crippen LogP contribution < -0.4 is 16.6 Å². The van der Waals surface area contributed by atoms with Crippen molar-refractivity contribution in [2.24, 2.45) is 5.73 Å². The SMILES string of the molecule is Cc1cccc(=O)n1CCC(=O)NC(CC(N)=O)C(=O)O. The number of aliphatic carboxylic acids is 1. The number of aromatic nitrogens is 1. The highest BCUT2D eigenvalue weighted by Crippen LogP contribution is 1.98. The van der Waals surface area contributed by atoms with Gasteiger partial charge in [-0.2, -0.15) is 0 Å². The van der Waals surface area contributed by atoms with E-state index in [2.05, 4.69) is 5.32 Å². The van der Waals surface area contributed by atoms with E-state index in [0.29, 0.717) is 5.69 Å². The lowest BCUT2D eigenvalue weighted by Gasteiger charge is -2.14.